The van der Waals surface area contributed by atoms with Crippen molar-refractivity contribution in [2.75, 3.05) is 11.9 Å². The first-order valence-electron chi connectivity index (χ1n) is 5.24. The first-order valence-corrected chi connectivity index (χ1v) is 6.83. The van der Waals surface area contributed by atoms with E-state index in [0.717, 1.165) is 11.4 Å². The highest BCUT2D eigenvalue weighted by Crippen LogP contribution is 2.19. The number of rotatable bonds is 4. The molecule has 0 fully saturated rings. The fraction of sp³-hybridized carbons (Fsp3) is 0.182. The number of ether oxygens (including phenoxy) is 1. The molecule has 0 aliphatic rings. The van der Waals surface area contributed by atoms with E-state index in [1.807, 2.05) is 31.2 Å². The van der Waals surface area contributed by atoms with Crippen LogP contribution in [-0.4, -0.2) is 21.6 Å². The van der Waals surface area contributed by atoms with Crippen molar-refractivity contribution < 1.29 is 4.74 Å². The smallest absolute Gasteiger partial charge is 0.232 e. The normalized spacial score (nSPS) is 10.2. The van der Waals surface area contributed by atoms with E-state index in [1.165, 1.54) is 0 Å². The summed E-state index contributed by atoms with van der Waals surface area (Å²) in [6.45, 7) is 2.60. The molecule has 0 atom stereocenters. The molecule has 1 N–H and O–H groups in total. The predicted octanol–water partition coefficient (Wildman–Crippen LogP) is 3.54. The molecule has 0 spiro atoms. The van der Waals surface area contributed by atoms with Crippen molar-refractivity contribution in [3.05, 3.63) is 33.7 Å². The number of halogens is 2. The molecule has 1 aromatic carbocycles. The number of nitrogens with one attached hydrogen (secondary N) is 1. The van der Waals surface area contributed by atoms with Gasteiger partial charge in [0.05, 0.1) is 6.61 Å². The molecule has 1 aromatic heterocycles. The number of nitrogens with zero attached hydrogens (tertiary/aromatic N) is 3. The molecule has 0 aliphatic carbocycles. The fourth-order valence-corrected chi connectivity index (χ4v) is 2.22. The summed E-state index contributed by atoms with van der Waals surface area (Å²) in [5, 5.41) is 3.08. The maximum Gasteiger partial charge on any atom is 0.232 e. The summed E-state index contributed by atoms with van der Waals surface area (Å²) in [6.07, 6.45) is 0. The lowest BCUT2D eigenvalue weighted by Crippen LogP contribution is -1.99. The van der Waals surface area contributed by atoms with E-state index in [1.54, 1.807) is 0 Å². The van der Waals surface area contributed by atoms with Gasteiger partial charge >= 0.3 is 0 Å². The summed E-state index contributed by atoms with van der Waals surface area (Å²) in [5.74, 6) is 1.30. The molecule has 0 radical (unpaired) electrons. The molecule has 0 aliphatic heterocycles. The third kappa shape index (κ3) is 3.64. The van der Waals surface area contributed by atoms with E-state index >= 15 is 0 Å². The molecule has 18 heavy (non-hydrogen) atoms. The van der Waals surface area contributed by atoms with Gasteiger partial charge < -0.3 is 10.1 Å². The summed E-state index contributed by atoms with van der Waals surface area (Å²) in [5.41, 5.74) is 0.878. The average Bonchev–Trinajstić information content (AvgIpc) is 2.31. The van der Waals surface area contributed by atoms with Crippen molar-refractivity contribution in [2.45, 2.75) is 6.92 Å². The molecule has 94 valence electrons. The minimum absolute atomic E-state index is 0.466. The van der Waals surface area contributed by atoms with Crippen molar-refractivity contribution >= 4 is 43.5 Å². The zero-order valence-corrected chi connectivity index (χ0v) is 12.7. The number of hydrogen-bond acceptors (Lipinski definition) is 5. The van der Waals surface area contributed by atoms with Gasteiger partial charge in [-0.3, -0.25) is 0 Å². The Morgan fingerprint density at radius 3 is 2.22 bits per heavy atom. The zero-order valence-electron chi connectivity index (χ0n) is 9.52. The minimum Gasteiger partial charge on any atom is -0.494 e. The van der Waals surface area contributed by atoms with E-state index in [2.05, 4.69) is 52.1 Å². The first-order chi connectivity index (χ1) is 8.67. The summed E-state index contributed by atoms with van der Waals surface area (Å²) >= 11 is 6.41. The highest BCUT2D eigenvalue weighted by Gasteiger charge is 2.03. The first kappa shape index (κ1) is 13.2. The molecule has 0 saturated heterocycles. The third-order valence-electron chi connectivity index (χ3n) is 2.00. The quantitative estimate of drug-likeness (QED) is 0.888. The molecule has 0 amide bonds. The van der Waals surface area contributed by atoms with Crippen LogP contribution in [-0.2, 0) is 0 Å². The second-order valence-corrected chi connectivity index (χ2v) is 4.70. The van der Waals surface area contributed by atoms with Gasteiger partial charge in [-0.15, -0.1) is 0 Å². The summed E-state index contributed by atoms with van der Waals surface area (Å²) in [7, 11) is 0. The maximum atomic E-state index is 5.37. The van der Waals surface area contributed by atoms with Gasteiger partial charge in [0.2, 0.25) is 15.4 Å². The maximum absolute atomic E-state index is 5.37. The SMILES string of the molecule is CCOc1ccc(Nc2nc(Br)nc(Br)n2)cc1. The largest absolute Gasteiger partial charge is 0.494 e. The van der Waals surface area contributed by atoms with Crippen LogP contribution in [0.2, 0.25) is 0 Å². The van der Waals surface area contributed by atoms with Crippen LogP contribution in [0, 0.1) is 0 Å². The van der Waals surface area contributed by atoms with Gasteiger partial charge in [0, 0.05) is 5.69 Å². The van der Waals surface area contributed by atoms with Crippen molar-refractivity contribution in [1.82, 2.24) is 15.0 Å². The Morgan fingerprint density at radius 2 is 1.67 bits per heavy atom. The van der Waals surface area contributed by atoms with E-state index < -0.39 is 0 Å². The number of benzene rings is 1. The van der Waals surface area contributed by atoms with Crippen LogP contribution in [0.5, 0.6) is 5.75 Å². The van der Waals surface area contributed by atoms with E-state index in [9.17, 15) is 0 Å². The third-order valence-corrected chi connectivity index (χ3v) is 2.71. The Balaban J connectivity index is 2.13. The lowest BCUT2D eigenvalue weighted by atomic mass is 10.3. The van der Waals surface area contributed by atoms with E-state index in [4.69, 9.17) is 4.74 Å². The average molecular weight is 374 g/mol. The Hall–Kier alpha value is -1.21. The van der Waals surface area contributed by atoms with Gasteiger partial charge in [-0.1, -0.05) is 0 Å². The summed E-state index contributed by atoms with van der Waals surface area (Å²) in [4.78, 5) is 12.2. The monoisotopic (exact) mass is 372 g/mol. The van der Waals surface area contributed by atoms with Gasteiger partial charge in [-0.2, -0.15) is 15.0 Å². The predicted molar refractivity (Wildman–Crippen MR) is 76.1 cm³/mol. The van der Waals surface area contributed by atoms with Gasteiger partial charge in [0.25, 0.3) is 0 Å². The molecule has 2 aromatic rings. The molecule has 0 saturated carbocycles. The Bertz CT molecular complexity index is 513. The molecule has 1 heterocycles. The lowest BCUT2D eigenvalue weighted by molar-refractivity contribution is 0.340. The van der Waals surface area contributed by atoms with Crippen molar-refractivity contribution in [3.63, 3.8) is 0 Å². The van der Waals surface area contributed by atoms with Crippen LogP contribution in [0.15, 0.2) is 33.7 Å². The number of aromatic nitrogens is 3. The molecule has 0 unspecified atom stereocenters. The molecule has 0 bridgehead atoms. The fourth-order valence-electron chi connectivity index (χ4n) is 1.31. The van der Waals surface area contributed by atoms with Crippen LogP contribution >= 0.6 is 31.9 Å². The molecule has 5 nitrogen and oxygen atoms in total. The topological polar surface area (TPSA) is 59.9 Å². The van der Waals surface area contributed by atoms with Crippen molar-refractivity contribution in [1.29, 1.82) is 0 Å². The second kappa shape index (κ2) is 6.10. The Morgan fingerprint density at radius 1 is 1.06 bits per heavy atom. The van der Waals surface area contributed by atoms with Gasteiger partial charge in [-0.25, -0.2) is 0 Å². The Kier molecular flexibility index (Phi) is 4.48. The van der Waals surface area contributed by atoms with E-state index in [-0.39, 0.29) is 0 Å². The van der Waals surface area contributed by atoms with Crippen LogP contribution in [0.4, 0.5) is 11.6 Å². The van der Waals surface area contributed by atoms with Crippen LogP contribution < -0.4 is 10.1 Å². The van der Waals surface area contributed by atoms with Crippen LogP contribution in [0.1, 0.15) is 6.92 Å². The van der Waals surface area contributed by atoms with Crippen LogP contribution in [0.25, 0.3) is 0 Å². The Labute approximate surface area is 121 Å². The second-order valence-electron chi connectivity index (χ2n) is 3.28. The summed E-state index contributed by atoms with van der Waals surface area (Å²) in [6, 6.07) is 7.57. The number of hydrogen-bond donors (Lipinski definition) is 1. The summed E-state index contributed by atoms with van der Waals surface area (Å²) < 4.78 is 6.31. The standard InChI is InChI=1S/C11H10Br2N4O/c1-2-18-8-5-3-7(4-6-8)14-11-16-9(12)15-10(13)17-11/h3-6H,2H2,1H3,(H,14,15,16,17). The molecular weight excluding hydrogens is 364 g/mol. The minimum atomic E-state index is 0.466. The highest BCUT2D eigenvalue weighted by atomic mass is 79.9. The number of anilines is 2. The van der Waals surface area contributed by atoms with Gasteiger partial charge in [-0.05, 0) is 63.0 Å². The van der Waals surface area contributed by atoms with Crippen LogP contribution in [0.3, 0.4) is 0 Å². The van der Waals surface area contributed by atoms with E-state index in [0.29, 0.717) is 22.0 Å². The molecule has 2 rings (SSSR count). The lowest BCUT2D eigenvalue weighted by Gasteiger charge is -2.07. The van der Waals surface area contributed by atoms with Crippen molar-refractivity contribution in [2.24, 2.45) is 0 Å². The zero-order chi connectivity index (χ0) is 13.0. The molecule has 7 heteroatoms. The van der Waals surface area contributed by atoms with Crippen molar-refractivity contribution in [3.8, 4) is 5.75 Å². The highest BCUT2D eigenvalue weighted by molar-refractivity contribution is 9.11. The van der Waals surface area contributed by atoms with Gasteiger partial charge in [0.15, 0.2) is 0 Å². The van der Waals surface area contributed by atoms with Gasteiger partial charge in [0.1, 0.15) is 5.75 Å². The molecular formula is C11H10Br2N4O.